The van der Waals surface area contributed by atoms with Gasteiger partial charge in [-0.1, -0.05) is 6.07 Å². The Morgan fingerprint density at radius 3 is 2.08 bits per heavy atom. The quantitative estimate of drug-likeness (QED) is 0.434. The Labute approximate surface area is 113 Å². The zero-order chi connectivity index (χ0) is 9.35. The van der Waals surface area contributed by atoms with Gasteiger partial charge in [0.2, 0.25) is 0 Å². The van der Waals surface area contributed by atoms with E-state index >= 15 is 0 Å². The number of rotatable bonds is 2. The molecule has 68 valence electrons. The molecule has 0 atom stereocenters. The topological polar surface area (TPSA) is 17.8 Å². The van der Waals surface area contributed by atoms with Crippen molar-refractivity contribution in [2.24, 2.45) is 0 Å². The van der Waals surface area contributed by atoms with Gasteiger partial charge in [-0.2, -0.15) is 8.78 Å². The molecule has 0 radical (unpaired) electrons. The van der Waals surface area contributed by atoms with Crippen molar-refractivity contribution in [1.82, 2.24) is 9.78 Å². The molecule has 0 amide bonds. The van der Waals surface area contributed by atoms with Crippen LogP contribution in [0.25, 0.3) is 0 Å². The minimum atomic E-state index is -5.28. The second kappa shape index (κ2) is 4.87. The van der Waals surface area contributed by atoms with E-state index in [-0.39, 0.29) is 56.1 Å². The SMILES string of the molecule is FC(F)n1ccc([B-](F)(F)F)n1.[K+]. The molecule has 0 aromatic carbocycles. The van der Waals surface area contributed by atoms with Crippen LogP contribution in [0.1, 0.15) is 6.55 Å². The van der Waals surface area contributed by atoms with Crippen LogP contribution in [0.2, 0.25) is 0 Å². The number of aromatic nitrogens is 2. The van der Waals surface area contributed by atoms with Crippen LogP contribution in [0, 0.1) is 0 Å². The van der Waals surface area contributed by atoms with Gasteiger partial charge in [0.05, 0.1) is 0 Å². The Hall–Kier alpha value is 0.561. The van der Waals surface area contributed by atoms with Gasteiger partial charge in [0.15, 0.2) is 0 Å². The maximum atomic E-state index is 11.8. The van der Waals surface area contributed by atoms with Gasteiger partial charge < -0.3 is 12.9 Å². The first-order valence-corrected chi connectivity index (χ1v) is 2.94. The molecule has 1 heterocycles. The van der Waals surface area contributed by atoms with Crippen molar-refractivity contribution in [3.05, 3.63) is 12.3 Å². The summed E-state index contributed by atoms with van der Waals surface area (Å²) in [5, 5.41) is 2.65. The number of nitrogens with zero attached hydrogens (tertiary/aromatic N) is 2. The van der Waals surface area contributed by atoms with Gasteiger partial charge in [0.25, 0.3) is 0 Å². The van der Waals surface area contributed by atoms with Gasteiger partial charge in [-0.05, 0) is 0 Å². The molecule has 13 heavy (non-hydrogen) atoms. The molecule has 2 nitrogen and oxygen atoms in total. The van der Waals surface area contributed by atoms with Crippen molar-refractivity contribution in [1.29, 1.82) is 0 Å². The molecule has 0 saturated carbocycles. The fourth-order valence-electron chi connectivity index (χ4n) is 0.636. The third kappa shape index (κ3) is 3.66. The van der Waals surface area contributed by atoms with Gasteiger partial charge in [-0.25, -0.2) is 9.78 Å². The first-order chi connectivity index (χ1) is 5.41. The molecular weight excluding hydrogens is 221 g/mol. The fraction of sp³-hybridized carbons (Fsp3) is 0.250. The molecule has 0 saturated heterocycles. The largest absolute Gasteiger partial charge is 1.00 e. The smallest absolute Gasteiger partial charge is 0.444 e. The first-order valence-electron chi connectivity index (χ1n) is 2.94. The van der Waals surface area contributed by atoms with E-state index in [9.17, 15) is 21.7 Å². The minimum Gasteiger partial charge on any atom is -0.444 e. The number of hydrogen-bond acceptors (Lipinski definition) is 1. The summed E-state index contributed by atoms with van der Waals surface area (Å²) in [6, 6.07) is 0.520. The Morgan fingerprint density at radius 2 is 1.85 bits per heavy atom. The van der Waals surface area contributed by atoms with Gasteiger partial charge in [-0.15, -0.1) is 0 Å². The van der Waals surface area contributed by atoms with E-state index in [1.165, 1.54) is 0 Å². The van der Waals surface area contributed by atoms with Crippen LogP contribution in [0.15, 0.2) is 12.3 Å². The third-order valence-electron chi connectivity index (χ3n) is 1.16. The number of halogens is 5. The van der Waals surface area contributed by atoms with Crippen LogP contribution in [0.3, 0.4) is 0 Å². The molecule has 0 aliphatic carbocycles. The second-order valence-corrected chi connectivity index (χ2v) is 2.07. The Morgan fingerprint density at radius 1 is 1.31 bits per heavy atom. The zero-order valence-corrected chi connectivity index (χ0v) is 9.72. The van der Waals surface area contributed by atoms with Gasteiger partial charge in [-0.3, -0.25) is 0 Å². The van der Waals surface area contributed by atoms with Crippen molar-refractivity contribution in [2.45, 2.75) is 6.55 Å². The van der Waals surface area contributed by atoms with Gasteiger partial charge in [0.1, 0.15) is 0 Å². The first kappa shape index (κ1) is 13.6. The van der Waals surface area contributed by atoms with Crippen molar-refractivity contribution in [3.63, 3.8) is 0 Å². The third-order valence-corrected chi connectivity index (χ3v) is 1.16. The minimum absolute atomic E-state index is 0. The molecule has 9 heteroatoms. The normalized spacial score (nSPS) is 11.5. The average Bonchev–Trinajstić information content (AvgIpc) is 2.30. The predicted molar refractivity (Wildman–Crippen MR) is 32.2 cm³/mol. The van der Waals surface area contributed by atoms with Crippen molar-refractivity contribution >= 4 is 12.6 Å². The van der Waals surface area contributed by atoms with Crippen LogP contribution in [-0.4, -0.2) is 16.8 Å². The van der Waals surface area contributed by atoms with E-state index < -0.39 is 19.1 Å². The summed E-state index contributed by atoms with van der Waals surface area (Å²) in [5.74, 6) is 0. The summed E-state index contributed by atoms with van der Waals surface area (Å²) in [5.41, 5.74) is -1.25. The van der Waals surface area contributed by atoms with Crippen molar-refractivity contribution in [2.75, 3.05) is 0 Å². The van der Waals surface area contributed by atoms with Crippen LogP contribution in [0.5, 0.6) is 0 Å². The molecule has 0 spiro atoms. The molecule has 1 aromatic heterocycles. The summed E-state index contributed by atoms with van der Waals surface area (Å²) in [4.78, 5) is 0. The maximum absolute atomic E-state index is 11.8. The molecule has 1 rings (SSSR count). The van der Waals surface area contributed by atoms with Crippen LogP contribution >= 0.6 is 0 Å². The van der Waals surface area contributed by atoms with E-state index in [0.29, 0.717) is 12.3 Å². The van der Waals surface area contributed by atoms with E-state index in [1.807, 2.05) is 0 Å². The molecule has 0 bridgehead atoms. The van der Waals surface area contributed by atoms with E-state index in [1.54, 1.807) is 0 Å². The molecule has 1 aromatic rings. The molecule has 0 fully saturated rings. The number of alkyl halides is 2. The van der Waals surface area contributed by atoms with E-state index in [4.69, 9.17) is 0 Å². The molecular formula is C4H3BF5KN2. The van der Waals surface area contributed by atoms with Crippen molar-refractivity contribution in [3.8, 4) is 0 Å². The Balaban J connectivity index is 0.00000144. The second-order valence-electron chi connectivity index (χ2n) is 2.07. The summed E-state index contributed by atoms with van der Waals surface area (Å²) in [6.45, 7) is -8.31. The predicted octanol–water partition coefficient (Wildman–Crippen LogP) is -1.66. The zero-order valence-electron chi connectivity index (χ0n) is 6.59. The molecule has 0 unspecified atom stereocenters. The average molecular weight is 224 g/mol. The monoisotopic (exact) mass is 224 g/mol. The van der Waals surface area contributed by atoms with E-state index in [0.717, 1.165) is 0 Å². The summed E-state index contributed by atoms with van der Waals surface area (Å²) < 4.78 is 58.8. The Kier molecular flexibility index (Phi) is 5.08. The standard InChI is InChI=1S/C4H3BF5N2.K/c6-4(7)12-2-1-3(11-12)5(8,9)10;/h1-2,4H;/q-1;+1. The number of hydrogen-bond donors (Lipinski definition) is 0. The molecule has 0 N–H and O–H groups in total. The van der Waals surface area contributed by atoms with Crippen molar-refractivity contribution < 1.29 is 73.1 Å². The van der Waals surface area contributed by atoms with Crippen LogP contribution in [-0.2, 0) is 0 Å². The molecule has 0 aliphatic rings. The van der Waals surface area contributed by atoms with Crippen LogP contribution in [0.4, 0.5) is 21.7 Å². The summed E-state index contributed by atoms with van der Waals surface area (Å²) in [6.07, 6.45) is 0.592. The fourth-order valence-corrected chi connectivity index (χ4v) is 0.636. The summed E-state index contributed by atoms with van der Waals surface area (Å²) >= 11 is 0. The summed E-state index contributed by atoms with van der Waals surface area (Å²) in [7, 11) is 0. The van der Waals surface area contributed by atoms with Crippen LogP contribution < -0.4 is 57.0 Å². The maximum Gasteiger partial charge on any atom is 1.00 e. The van der Waals surface area contributed by atoms with Gasteiger partial charge >= 0.3 is 64.9 Å². The van der Waals surface area contributed by atoms with Gasteiger partial charge in [0, 0.05) is 11.8 Å². The molecule has 0 aliphatic heterocycles. The van der Waals surface area contributed by atoms with E-state index in [2.05, 4.69) is 5.10 Å². The Bertz CT molecular complexity index is 272.